The summed E-state index contributed by atoms with van der Waals surface area (Å²) in [7, 11) is 0. The standard InChI is InChI=1S/C18H11F6N5O/c19-17(20,21)13-4-3-12-15(27-13)29(16(26-12)18(22,23)24)11-6-9(2-1-5-30)14-10(7-11)8-25-28-14/h1-4,6-8,30H,5H2,(H,25,28)/b2-1+. The maximum absolute atomic E-state index is 13.7. The minimum atomic E-state index is -4.95. The Kier molecular flexibility index (Phi) is 4.53. The number of hydrogen-bond acceptors (Lipinski definition) is 4. The van der Waals surface area contributed by atoms with E-state index in [2.05, 4.69) is 20.2 Å². The van der Waals surface area contributed by atoms with E-state index in [-0.39, 0.29) is 17.8 Å². The van der Waals surface area contributed by atoms with E-state index in [0.717, 1.165) is 6.07 Å². The van der Waals surface area contributed by atoms with Crippen LogP contribution in [-0.2, 0) is 12.4 Å². The lowest BCUT2D eigenvalue weighted by Crippen LogP contribution is -2.15. The number of H-pyrrole nitrogens is 1. The average Bonchev–Trinajstić information content (AvgIpc) is 3.28. The van der Waals surface area contributed by atoms with Gasteiger partial charge in [0.05, 0.1) is 24.0 Å². The van der Waals surface area contributed by atoms with Gasteiger partial charge in [-0.15, -0.1) is 0 Å². The molecule has 3 heterocycles. The Bertz CT molecular complexity index is 1270. The molecule has 0 amide bonds. The molecule has 3 aromatic heterocycles. The average molecular weight is 427 g/mol. The van der Waals surface area contributed by atoms with Gasteiger partial charge >= 0.3 is 12.4 Å². The molecule has 0 aliphatic heterocycles. The first-order chi connectivity index (χ1) is 14.1. The molecular formula is C18H11F6N5O. The second-order valence-corrected chi connectivity index (χ2v) is 6.26. The molecule has 0 radical (unpaired) electrons. The highest BCUT2D eigenvalue weighted by Crippen LogP contribution is 2.36. The van der Waals surface area contributed by atoms with Gasteiger partial charge in [0.15, 0.2) is 5.65 Å². The molecule has 0 fully saturated rings. The lowest BCUT2D eigenvalue weighted by molar-refractivity contribution is -0.145. The van der Waals surface area contributed by atoms with Crippen LogP contribution in [0.3, 0.4) is 0 Å². The molecule has 0 aliphatic rings. The van der Waals surface area contributed by atoms with E-state index >= 15 is 0 Å². The molecule has 0 spiro atoms. The van der Waals surface area contributed by atoms with Gasteiger partial charge in [-0.05, 0) is 24.3 Å². The number of halogens is 6. The Morgan fingerprint density at radius 3 is 2.47 bits per heavy atom. The van der Waals surface area contributed by atoms with Crippen LogP contribution >= 0.6 is 0 Å². The second-order valence-electron chi connectivity index (χ2n) is 6.26. The first-order valence-corrected chi connectivity index (χ1v) is 8.38. The van der Waals surface area contributed by atoms with Gasteiger partial charge in [-0.1, -0.05) is 12.2 Å². The number of nitrogens with one attached hydrogen (secondary N) is 1. The van der Waals surface area contributed by atoms with Crippen molar-refractivity contribution in [1.82, 2.24) is 24.7 Å². The molecule has 0 saturated heterocycles. The summed E-state index contributed by atoms with van der Waals surface area (Å²) >= 11 is 0. The number of benzene rings is 1. The maximum atomic E-state index is 13.7. The lowest BCUT2D eigenvalue weighted by atomic mass is 10.1. The summed E-state index contributed by atoms with van der Waals surface area (Å²) in [6, 6.07) is 4.06. The zero-order valence-electron chi connectivity index (χ0n) is 14.8. The molecule has 30 heavy (non-hydrogen) atoms. The van der Waals surface area contributed by atoms with Crippen molar-refractivity contribution in [2.45, 2.75) is 12.4 Å². The van der Waals surface area contributed by atoms with E-state index in [9.17, 15) is 26.3 Å². The molecule has 2 N–H and O–H groups in total. The van der Waals surface area contributed by atoms with Crippen LogP contribution in [0.25, 0.3) is 33.8 Å². The molecule has 4 rings (SSSR count). The van der Waals surface area contributed by atoms with Crippen molar-refractivity contribution in [2.75, 3.05) is 6.61 Å². The third-order valence-corrected chi connectivity index (χ3v) is 4.27. The van der Waals surface area contributed by atoms with Crippen LogP contribution in [0.2, 0.25) is 0 Å². The Hall–Kier alpha value is -3.41. The molecule has 0 bridgehead atoms. The number of aromatic amines is 1. The van der Waals surface area contributed by atoms with Crippen LogP contribution in [-0.4, -0.2) is 36.4 Å². The number of imidazole rings is 1. The van der Waals surface area contributed by atoms with E-state index in [1.54, 1.807) is 0 Å². The number of rotatable bonds is 3. The Morgan fingerprint density at radius 1 is 1.03 bits per heavy atom. The molecule has 156 valence electrons. The van der Waals surface area contributed by atoms with Gasteiger partial charge in [0.1, 0.15) is 11.2 Å². The van der Waals surface area contributed by atoms with Gasteiger partial charge in [-0.3, -0.25) is 9.67 Å². The number of aliphatic hydroxyl groups is 1. The van der Waals surface area contributed by atoms with Crippen LogP contribution in [0, 0.1) is 0 Å². The fraction of sp³-hybridized carbons (Fsp3) is 0.167. The molecule has 1 aromatic carbocycles. The highest BCUT2D eigenvalue weighted by atomic mass is 19.4. The van der Waals surface area contributed by atoms with E-state index in [0.29, 0.717) is 27.1 Å². The molecule has 6 nitrogen and oxygen atoms in total. The van der Waals surface area contributed by atoms with Gasteiger partial charge in [0.2, 0.25) is 5.82 Å². The lowest BCUT2D eigenvalue weighted by Gasteiger charge is -2.13. The minimum Gasteiger partial charge on any atom is -0.392 e. The third-order valence-electron chi connectivity index (χ3n) is 4.27. The molecule has 12 heteroatoms. The SMILES string of the molecule is OC/C=C/c1cc(-n2c(C(F)(F)F)nc3ccc(C(F)(F)F)nc32)cc2cn[nH]c12. The summed E-state index contributed by atoms with van der Waals surface area (Å²) in [4.78, 5) is 6.88. The monoisotopic (exact) mass is 427 g/mol. The quantitative estimate of drug-likeness (QED) is 0.477. The van der Waals surface area contributed by atoms with E-state index in [4.69, 9.17) is 5.11 Å². The van der Waals surface area contributed by atoms with Crippen LogP contribution in [0.1, 0.15) is 17.1 Å². The van der Waals surface area contributed by atoms with E-state index in [1.165, 1.54) is 30.5 Å². The summed E-state index contributed by atoms with van der Waals surface area (Å²) in [6.07, 6.45) is -5.63. The molecule has 0 aliphatic carbocycles. The summed E-state index contributed by atoms with van der Waals surface area (Å²) in [5.74, 6) is -1.41. The minimum absolute atomic E-state index is 0.108. The predicted octanol–water partition coefficient (Wildman–Crippen LogP) is 4.34. The zero-order chi connectivity index (χ0) is 21.7. The van der Waals surface area contributed by atoms with Crippen molar-refractivity contribution in [2.24, 2.45) is 0 Å². The first kappa shape index (κ1) is 19.9. The molecule has 0 unspecified atom stereocenters. The van der Waals surface area contributed by atoms with Crippen molar-refractivity contribution in [3.05, 3.63) is 53.6 Å². The fourth-order valence-corrected chi connectivity index (χ4v) is 3.06. The fourth-order valence-electron chi connectivity index (χ4n) is 3.06. The largest absolute Gasteiger partial charge is 0.450 e. The molecule has 0 atom stereocenters. The Labute approximate surface area is 163 Å². The highest BCUT2D eigenvalue weighted by molar-refractivity contribution is 5.89. The summed E-state index contributed by atoms with van der Waals surface area (Å²) in [5, 5.41) is 15.9. The number of alkyl halides is 6. The highest BCUT2D eigenvalue weighted by Gasteiger charge is 2.40. The van der Waals surface area contributed by atoms with Gasteiger partial charge < -0.3 is 5.11 Å². The Morgan fingerprint density at radius 2 is 1.80 bits per heavy atom. The number of aliphatic hydroxyl groups excluding tert-OH is 1. The van der Waals surface area contributed by atoms with Gasteiger partial charge in [0.25, 0.3) is 0 Å². The summed E-state index contributed by atoms with van der Waals surface area (Å²) < 4.78 is 80.8. The summed E-state index contributed by atoms with van der Waals surface area (Å²) in [5.41, 5.74) is -1.52. The number of pyridine rings is 1. The zero-order valence-corrected chi connectivity index (χ0v) is 14.8. The van der Waals surface area contributed by atoms with Crippen LogP contribution < -0.4 is 0 Å². The van der Waals surface area contributed by atoms with Crippen molar-refractivity contribution in [3.8, 4) is 5.69 Å². The van der Waals surface area contributed by atoms with Gasteiger partial charge in [-0.25, -0.2) is 9.97 Å². The number of fused-ring (bicyclic) bond motifs is 2. The molecular weight excluding hydrogens is 416 g/mol. The summed E-state index contributed by atoms with van der Waals surface area (Å²) in [6.45, 7) is -0.321. The Balaban J connectivity index is 2.07. The van der Waals surface area contributed by atoms with Crippen molar-refractivity contribution in [1.29, 1.82) is 0 Å². The topological polar surface area (TPSA) is 79.6 Å². The second kappa shape index (κ2) is 6.83. The number of hydrogen-bond donors (Lipinski definition) is 2. The van der Waals surface area contributed by atoms with Crippen molar-refractivity contribution >= 4 is 28.1 Å². The van der Waals surface area contributed by atoms with E-state index < -0.39 is 29.5 Å². The van der Waals surface area contributed by atoms with Crippen LogP contribution in [0.5, 0.6) is 0 Å². The smallest absolute Gasteiger partial charge is 0.392 e. The number of aromatic nitrogens is 5. The molecule has 4 aromatic rings. The van der Waals surface area contributed by atoms with Crippen molar-refractivity contribution < 1.29 is 31.4 Å². The predicted molar refractivity (Wildman–Crippen MR) is 94.6 cm³/mol. The van der Waals surface area contributed by atoms with Gasteiger partial charge in [-0.2, -0.15) is 31.4 Å². The normalized spacial score (nSPS) is 13.2. The van der Waals surface area contributed by atoms with Crippen LogP contribution in [0.15, 0.2) is 36.5 Å². The third kappa shape index (κ3) is 3.38. The van der Waals surface area contributed by atoms with Gasteiger partial charge in [0, 0.05) is 10.9 Å². The first-order valence-electron chi connectivity index (χ1n) is 8.38. The molecule has 0 saturated carbocycles. The van der Waals surface area contributed by atoms with E-state index in [1.807, 2.05) is 0 Å². The van der Waals surface area contributed by atoms with Crippen LogP contribution in [0.4, 0.5) is 26.3 Å². The number of nitrogens with zero attached hydrogens (tertiary/aromatic N) is 4. The maximum Gasteiger partial charge on any atom is 0.450 e. The van der Waals surface area contributed by atoms with Crippen molar-refractivity contribution in [3.63, 3.8) is 0 Å².